The molecule has 26 heavy (non-hydrogen) atoms. The standard InChI is InChI=1S/C17H14N4O4S/c1-10-9-26-17(24)21(10)7-15(23)25-8-14(22)11(6-18)16-19-12-4-2-3-5-13(12)20-16/h2-5,9,22H,7-8H2,1H3,(H,19,20). The molecule has 3 aromatic rings. The highest BCUT2D eigenvalue weighted by Crippen LogP contribution is 2.18. The van der Waals surface area contributed by atoms with Crippen LogP contribution >= 0.6 is 11.3 Å². The Labute approximate surface area is 151 Å². The lowest BCUT2D eigenvalue weighted by atomic mass is 10.2. The highest BCUT2D eigenvalue weighted by molar-refractivity contribution is 7.07. The number of aryl methyl sites for hydroxylation is 1. The van der Waals surface area contributed by atoms with Crippen LogP contribution in [0.4, 0.5) is 0 Å². The number of allylic oxidation sites excluding steroid dienone is 1. The molecule has 8 nitrogen and oxygen atoms in total. The van der Waals surface area contributed by atoms with E-state index in [0.717, 1.165) is 11.3 Å². The van der Waals surface area contributed by atoms with Crippen LogP contribution in [0.25, 0.3) is 16.6 Å². The molecule has 2 heterocycles. The number of esters is 1. The van der Waals surface area contributed by atoms with Crippen molar-refractivity contribution in [2.24, 2.45) is 0 Å². The van der Waals surface area contributed by atoms with Gasteiger partial charge in [-0.1, -0.05) is 23.5 Å². The third kappa shape index (κ3) is 3.50. The molecule has 2 N–H and O–H groups in total. The molecule has 0 radical (unpaired) electrons. The number of hydrogen-bond acceptors (Lipinski definition) is 7. The van der Waals surface area contributed by atoms with Crippen molar-refractivity contribution in [3.63, 3.8) is 0 Å². The van der Waals surface area contributed by atoms with Crippen LogP contribution in [0.5, 0.6) is 0 Å². The fourth-order valence-electron chi connectivity index (χ4n) is 2.32. The predicted octanol–water partition coefficient (Wildman–Crippen LogP) is 2.13. The van der Waals surface area contributed by atoms with Gasteiger partial charge in [0.2, 0.25) is 0 Å². The van der Waals surface area contributed by atoms with Crippen molar-refractivity contribution in [3.8, 4) is 6.07 Å². The Balaban J connectivity index is 1.74. The molecule has 0 aliphatic rings. The van der Waals surface area contributed by atoms with Gasteiger partial charge in [0, 0.05) is 11.1 Å². The lowest BCUT2D eigenvalue weighted by molar-refractivity contribution is -0.144. The second-order valence-corrected chi connectivity index (χ2v) is 6.25. The van der Waals surface area contributed by atoms with Gasteiger partial charge in [-0.2, -0.15) is 5.26 Å². The summed E-state index contributed by atoms with van der Waals surface area (Å²) in [5, 5.41) is 21.1. The number of carbonyl (C=O) groups is 1. The first-order valence-electron chi connectivity index (χ1n) is 7.57. The molecule has 0 unspecified atom stereocenters. The largest absolute Gasteiger partial charge is 0.507 e. The highest BCUT2D eigenvalue weighted by Gasteiger charge is 2.16. The van der Waals surface area contributed by atoms with Gasteiger partial charge in [0.1, 0.15) is 24.8 Å². The minimum Gasteiger partial charge on any atom is -0.507 e. The van der Waals surface area contributed by atoms with E-state index in [1.165, 1.54) is 4.57 Å². The summed E-state index contributed by atoms with van der Waals surface area (Å²) >= 11 is 0.991. The van der Waals surface area contributed by atoms with Crippen molar-refractivity contribution in [1.82, 2.24) is 14.5 Å². The molecule has 3 rings (SSSR count). The first kappa shape index (κ1) is 17.4. The quantitative estimate of drug-likeness (QED) is 0.403. The van der Waals surface area contributed by atoms with Crippen molar-refractivity contribution in [2.75, 3.05) is 6.61 Å². The van der Waals surface area contributed by atoms with E-state index < -0.39 is 18.3 Å². The van der Waals surface area contributed by atoms with E-state index >= 15 is 0 Å². The van der Waals surface area contributed by atoms with Gasteiger partial charge in [-0.05, 0) is 19.1 Å². The number of hydrogen-bond donors (Lipinski definition) is 2. The molecule has 0 saturated carbocycles. The van der Waals surface area contributed by atoms with Gasteiger partial charge >= 0.3 is 10.8 Å². The summed E-state index contributed by atoms with van der Waals surface area (Å²) in [5.41, 5.74) is 1.90. The number of H-pyrrole nitrogens is 1. The second kappa shape index (κ2) is 7.25. The van der Waals surface area contributed by atoms with Crippen LogP contribution < -0.4 is 4.87 Å². The topological polar surface area (TPSA) is 121 Å². The van der Waals surface area contributed by atoms with Gasteiger partial charge in [0.05, 0.1) is 11.0 Å². The smallest absolute Gasteiger partial charge is 0.326 e. The van der Waals surface area contributed by atoms with Crippen LogP contribution in [0.15, 0.2) is 40.2 Å². The van der Waals surface area contributed by atoms with E-state index in [4.69, 9.17) is 4.74 Å². The fraction of sp³-hybridized carbons (Fsp3) is 0.176. The maximum absolute atomic E-state index is 11.9. The third-order valence-corrected chi connectivity index (χ3v) is 4.54. The molecular formula is C17H14N4O4S. The number of carbonyl (C=O) groups excluding carboxylic acids is 1. The second-order valence-electron chi connectivity index (χ2n) is 5.43. The van der Waals surface area contributed by atoms with E-state index in [9.17, 15) is 20.0 Å². The van der Waals surface area contributed by atoms with Crippen LogP contribution in [0.2, 0.25) is 0 Å². The van der Waals surface area contributed by atoms with Gasteiger partial charge in [0.15, 0.2) is 11.6 Å². The van der Waals surface area contributed by atoms with E-state index in [0.29, 0.717) is 16.7 Å². The number of nitrogens with one attached hydrogen (secondary N) is 1. The first-order chi connectivity index (χ1) is 12.5. The van der Waals surface area contributed by atoms with Crippen LogP contribution in [0.1, 0.15) is 11.5 Å². The van der Waals surface area contributed by atoms with E-state index in [1.54, 1.807) is 30.5 Å². The van der Waals surface area contributed by atoms with Crippen LogP contribution in [0, 0.1) is 18.3 Å². The number of imidazole rings is 1. The number of thiazole rings is 1. The maximum atomic E-state index is 11.9. The number of aromatic amines is 1. The van der Waals surface area contributed by atoms with Crippen molar-refractivity contribution in [1.29, 1.82) is 5.26 Å². The fourth-order valence-corrected chi connectivity index (χ4v) is 3.05. The number of benzene rings is 1. The van der Waals surface area contributed by atoms with Crippen molar-refractivity contribution in [3.05, 3.63) is 56.6 Å². The van der Waals surface area contributed by atoms with Crippen LogP contribution in [0.3, 0.4) is 0 Å². The summed E-state index contributed by atoms with van der Waals surface area (Å²) in [6.45, 7) is 0.961. The molecule has 0 aliphatic heterocycles. The van der Waals surface area contributed by atoms with E-state index in [-0.39, 0.29) is 22.8 Å². The van der Waals surface area contributed by atoms with Crippen LogP contribution in [-0.4, -0.2) is 32.2 Å². The predicted molar refractivity (Wildman–Crippen MR) is 95.5 cm³/mol. The highest BCUT2D eigenvalue weighted by atomic mass is 32.1. The number of fused-ring (bicyclic) bond motifs is 1. The zero-order valence-corrected chi connectivity index (χ0v) is 14.5. The Bertz CT molecular complexity index is 1070. The Morgan fingerprint density at radius 1 is 1.46 bits per heavy atom. The summed E-state index contributed by atoms with van der Waals surface area (Å²) in [5.74, 6) is -0.927. The molecule has 9 heteroatoms. The molecule has 0 spiro atoms. The molecular weight excluding hydrogens is 356 g/mol. The lowest BCUT2D eigenvalue weighted by Crippen LogP contribution is -2.22. The lowest BCUT2D eigenvalue weighted by Gasteiger charge is -2.07. The molecule has 0 fully saturated rings. The normalized spacial score (nSPS) is 11.8. The Morgan fingerprint density at radius 2 is 2.23 bits per heavy atom. The molecule has 1 aromatic carbocycles. The van der Waals surface area contributed by atoms with Gasteiger partial charge in [-0.25, -0.2) is 4.98 Å². The number of aliphatic hydroxyl groups is 1. The summed E-state index contributed by atoms with van der Waals surface area (Å²) < 4.78 is 6.25. The molecule has 2 aromatic heterocycles. The minimum absolute atomic E-state index is 0.113. The molecule has 0 bridgehead atoms. The number of nitrogens with zero attached hydrogens (tertiary/aromatic N) is 3. The SMILES string of the molecule is Cc1csc(=O)n1CC(=O)OCC(O)=C(C#N)c1nc2ccccc2[nH]1. The number of aliphatic hydroxyl groups excluding tert-OH is 1. The Hall–Kier alpha value is -3.38. The number of ether oxygens (including phenoxy) is 1. The molecule has 132 valence electrons. The average Bonchev–Trinajstić information content (AvgIpc) is 3.18. The summed E-state index contributed by atoms with van der Waals surface area (Å²) in [4.78, 5) is 30.4. The monoisotopic (exact) mass is 370 g/mol. The molecule has 0 aliphatic carbocycles. The van der Waals surface area contributed by atoms with Crippen molar-refractivity contribution in [2.45, 2.75) is 13.5 Å². The van der Waals surface area contributed by atoms with Crippen molar-refractivity contribution < 1.29 is 14.6 Å². The molecule has 0 amide bonds. The number of para-hydroxylation sites is 2. The van der Waals surface area contributed by atoms with Gasteiger partial charge in [0.25, 0.3) is 0 Å². The first-order valence-corrected chi connectivity index (χ1v) is 8.45. The number of aromatic nitrogens is 3. The summed E-state index contributed by atoms with van der Waals surface area (Å²) in [6.07, 6.45) is 0. The zero-order chi connectivity index (χ0) is 18.7. The van der Waals surface area contributed by atoms with E-state index in [1.807, 2.05) is 12.1 Å². The third-order valence-electron chi connectivity index (χ3n) is 3.66. The van der Waals surface area contributed by atoms with Gasteiger partial charge < -0.3 is 14.8 Å². The minimum atomic E-state index is -0.693. The van der Waals surface area contributed by atoms with Gasteiger partial charge in [-0.15, -0.1) is 0 Å². The van der Waals surface area contributed by atoms with Crippen LogP contribution in [-0.2, 0) is 16.1 Å². The Morgan fingerprint density at radius 3 is 2.88 bits per heavy atom. The molecule has 0 saturated heterocycles. The molecule has 0 atom stereocenters. The Kier molecular flexibility index (Phi) is 4.86. The number of rotatable bonds is 5. The maximum Gasteiger partial charge on any atom is 0.326 e. The van der Waals surface area contributed by atoms with Crippen molar-refractivity contribution >= 4 is 33.9 Å². The van der Waals surface area contributed by atoms with E-state index in [2.05, 4.69) is 9.97 Å². The zero-order valence-electron chi connectivity index (χ0n) is 13.7. The summed E-state index contributed by atoms with van der Waals surface area (Å²) in [6, 6.07) is 9.03. The summed E-state index contributed by atoms with van der Waals surface area (Å²) in [7, 11) is 0. The number of nitriles is 1. The van der Waals surface area contributed by atoms with Gasteiger partial charge in [-0.3, -0.25) is 14.2 Å². The average molecular weight is 370 g/mol.